The van der Waals surface area contributed by atoms with Gasteiger partial charge in [-0.15, -0.1) is 0 Å². The highest BCUT2D eigenvalue weighted by molar-refractivity contribution is 6.39. The number of nitrogens with zero attached hydrogens (tertiary/aromatic N) is 2. The fourth-order valence-corrected chi connectivity index (χ4v) is 5.53. The molecule has 0 aromatic heterocycles. The number of rotatable bonds is 10. The number of hydrogen-bond donors (Lipinski definition) is 4. The highest BCUT2D eigenvalue weighted by Gasteiger charge is 2.35. The first-order chi connectivity index (χ1) is 16.5. The Morgan fingerprint density at radius 1 is 0.971 bits per heavy atom. The molecule has 2 amide bonds. The van der Waals surface area contributed by atoms with Gasteiger partial charge in [0.2, 0.25) is 0 Å². The Morgan fingerprint density at radius 2 is 1.65 bits per heavy atom. The summed E-state index contributed by atoms with van der Waals surface area (Å²) in [5.41, 5.74) is 12.1. The molecule has 2 atom stereocenters. The predicted molar refractivity (Wildman–Crippen MR) is 138 cm³/mol. The van der Waals surface area contributed by atoms with E-state index in [0.717, 1.165) is 45.6 Å². The lowest BCUT2D eigenvalue weighted by Gasteiger charge is -2.45. The van der Waals surface area contributed by atoms with Crippen LogP contribution >= 0.6 is 11.6 Å². The number of carbonyl (C=O) groups excluding carboxylic acids is 2. The third-order valence-corrected chi connectivity index (χ3v) is 7.44. The SMILES string of the molecule is NCCN(CCN)CCN1CCC(NC(=O)C(=O)Nc2ccc(Cl)cc2)CC1C1CCCCC1. The predicted octanol–water partition coefficient (Wildman–Crippen LogP) is 2.03. The molecule has 1 heterocycles. The molecule has 190 valence electrons. The minimum Gasteiger partial charge on any atom is -0.345 e. The summed E-state index contributed by atoms with van der Waals surface area (Å²) in [6.07, 6.45) is 8.09. The molecule has 0 radical (unpaired) electrons. The molecule has 34 heavy (non-hydrogen) atoms. The van der Waals surface area contributed by atoms with Crippen molar-refractivity contribution in [1.29, 1.82) is 0 Å². The minimum atomic E-state index is -0.641. The van der Waals surface area contributed by atoms with Gasteiger partial charge in [0.1, 0.15) is 0 Å². The first-order valence-electron chi connectivity index (χ1n) is 12.7. The smallest absolute Gasteiger partial charge is 0.313 e. The van der Waals surface area contributed by atoms with Crippen molar-refractivity contribution in [1.82, 2.24) is 15.1 Å². The summed E-state index contributed by atoms with van der Waals surface area (Å²) in [6, 6.07) is 7.17. The maximum Gasteiger partial charge on any atom is 0.313 e. The fourth-order valence-electron chi connectivity index (χ4n) is 5.41. The number of hydrogen-bond acceptors (Lipinski definition) is 6. The molecule has 1 saturated heterocycles. The van der Waals surface area contributed by atoms with Crippen LogP contribution in [0.1, 0.15) is 44.9 Å². The monoisotopic (exact) mass is 492 g/mol. The Bertz CT molecular complexity index is 765. The molecule has 1 aromatic rings. The molecule has 1 aromatic carbocycles. The van der Waals surface area contributed by atoms with Gasteiger partial charge in [0.15, 0.2) is 0 Å². The standard InChI is InChI=1S/C25H41ClN6O2/c26-20-6-8-21(9-7-20)29-24(33)25(34)30-22-10-13-32(17-16-31(14-11-27)15-12-28)23(18-22)19-4-2-1-3-5-19/h6-9,19,22-23H,1-5,10-18,27-28H2,(H,29,33)(H,30,34). The minimum absolute atomic E-state index is 0.0100. The number of amides is 2. The largest absolute Gasteiger partial charge is 0.345 e. The molecule has 0 spiro atoms. The molecule has 1 aliphatic heterocycles. The van der Waals surface area contributed by atoms with E-state index >= 15 is 0 Å². The van der Waals surface area contributed by atoms with Crippen LogP contribution < -0.4 is 22.1 Å². The van der Waals surface area contributed by atoms with Crippen LogP contribution in [0.3, 0.4) is 0 Å². The third-order valence-electron chi connectivity index (χ3n) is 7.19. The molecule has 9 heteroatoms. The van der Waals surface area contributed by atoms with Gasteiger partial charge in [-0.2, -0.15) is 0 Å². The molecule has 6 N–H and O–H groups in total. The van der Waals surface area contributed by atoms with Crippen LogP contribution in [0.4, 0.5) is 5.69 Å². The zero-order valence-corrected chi connectivity index (χ0v) is 20.9. The van der Waals surface area contributed by atoms with Crippen molar-refractivity contribution < 1.29 is 9.59 Å². The highest BCUT2D eigenvalue weighted by atomic mass is 35.5. The molecule has 0 bridgehead atoms. The average molecular weight is 493 g/mol. The first kappa shape index (κ1) is 26.9. The molecule has 1 aliphatic carbocycles. The van der Waals surface area contributed by atoms with E-state index in [1.54, 1.807) is 24.3 Å². The summed E-state index contributed by atoms with van der Waals surface area (Å²) in [5, 5.41) is 6.23. The zero-order chi connectivity index (χ0) is 24.3. The molecular formula is C25H41ClN6O2. The van der Waals surface area contributed by atoms with E-state index in [-0.39, 0.29) is 6.04 Å². The summed E-state index contributed by atoms with van der Waals surface area (Å²) in [6.45, 7) is 5.86. The quantitative estimate of drug-likeness (QED) is 0.371. The Morgan fingerprint density at radius 3 is 2.29 bits per heavy atom. The van der Waals surface area contributed by atoms with E-state index in [1.165, 1.54) is 32.1 Å². The summed E-state index contributed by atoms with van der Waals surface area (Å²) in [7, 11) is 0. The van der Waals surface area contributed by atoms with Crippen molar-refractivity contribution in [3.8, 4) is 0 Å². The van der Waals surface area contributed by atoms with E-state index in [2.05, 4.69) is 20.4 Å². The van der Waals surface area contributed by atoms with Gasteiger partial charge in [-0.25, -0.2) is 0 Å². The van der Waals surface area contributed by atoms with E-state index in [9.17, 15) is 9.59 Å². The number of nitrogens with one attached hydrogen (secondary N) is 2. The number of carbonyl (C=O) groups is 2. The van der Waals surface area contributed by atoms with Gasteiger partial charge in [0, 0.05) is 68.6 Å². The summed E-state index contributed by atoms with van der Waals surface area (Å²) >= 11 is 5.89. The van der Waals surface area contributed by atoms with E-state index in [0.29, 0.717) is 35.8 Å². The summed E-state index contributed by atoms with van der Waals surface area (Å²) in [5.74, 6) is -0.570. The van der Waals surface area contributed by atoms with Gasteiger partial charge in [-0.1, -0.05) is 30.9 Å². The lowest BCUT2D eigenvalue weighted by atomic mass is 9.78. The maximum atomic E-state index is 12.6. The highest BCUT2D eigenvalue weighted by Crippen LogP contribution is 2.33. The van der Waals surface area contributed by atoms with Crippen LogP contribution in [0, 0.1) is 5.92 Å². The molecule has 1 saturated carbocycles. The van der Waals surface area contributed by atoms with Crippen LogP contribution in [0.2, 0.25) is 5.02 Å². The molecule has 2 unspecified atom stereocenters. The Kier molecular flexibility index (Phi) is 11.1. The fraction of sp³-hybridized carbons (Fsp3) is 0.680. The Hall–Kier alpha value is -1.71. The number of anilines is 1. The lowest BCUT2D eigenvalue weighted by molar-refractivity contribution is -0.137. The lowest BCUT2D eigenvalue weighted by Crippen LogP contribution is -2.55. The molecule has 3 rings (SSSR count). The van der Waals surface area contributed by atoms with Gasteiger partial charge >= 0.3 is 11.8 Å². The number of likely N-dealkylation sites (tertiary alicyclic amines) is 1. The summed E-state index contributed by atoms with van der Waals surface area (Å²) in [4.78, 5) is 30.0. The third kappa shape index (κ3) is 8.20. The van der Waals surface area contributed by atoms with Crippen molar-refractivity contribution >= 4 is 29.1 Å². The van der Waals surface area contributed by atoms with Crippen molar-refractivity contribution in [3.63, 3.8) is 0 Å². The van der Waals surface area contributed by atoms with Crippen molar-refractivity contribution in [3.05, 3.63) is 29.3 Å². The van der Waals surface area contributed by atoms with Gasteiger partial charge in [-0.05, 0) is 55.9 Å². The van der Waals surface area contributed by atoms with Crippen molar-refractivity contribution in [2.24, 2.45) is 17.4 Å². The first-order valence-corrected chi connectivity index (χ1v) is 13.1. The van der Waals surface area contributed by atoms with Crippen LogP contribution in [0.5, 0.6) is 0 Å². The second kappa shape index (κ2) is 14.0. The maximum absolute atomic E-state index is 12.6. The van der Waals surface area contributed by atoms with Crippen LogP contribution in [-0.4, -0.2) is 79.5 Å². The number of benzene rings is 1. The van der Waals surface area contributed by atoms with Crippen molar-refractivity contribution in [2.45, 2.75) is 57.0 Å². The second-order valence-corrected chi connectivity index (χ2v) is 10.0. The molecule has 8 nitrogen and oxygen atoms in total. The topological polar surface area (TPSA) is 117 Å². The average Bonchev–Trinajstić information content (AvgIpc) is 2.85. The van der Waals surface area contributed by atoms with Gasteiger partial charge in [-0.3, -0.25) is 19.4 Å². The van der Waals surface area contributed by atoms with Gasteiger partial charge in [0.25, 0.3) is 0 Å². The number of nitrogens with two attached hydrogens (primary N) is 2. The van der Waals surface area contributed by atoms with Crippen LogP contribution in [0.25, 0.3) is 0 Å². The van der Waals surface area contributed by atoms with Gasteiger partial charge < -0.3 is 22.1 Å². The Balaban J connectivity index is 1.57. The Labute approximate surface area is 208 Å². The molecule has 2 fully saturated rings. The van der Waals surface area contributed by atoms with E-state index in [1.807, 2.05) is 0 Å². The van der Waals surface area contributed by atoms with Crippen LogP contribution in [-0.2, 0) is 9.59 Å². The summed E-state index contributed by atoms with van der Waals surface area (Å²) < 4.78 is 0. The molecule has 2 aliphatic rings. The number of halogens is 1. The van der Waals surface area contributed by atoms with Gasteiger partial charge in [0.05, 0.1) is 0 Å². The van der Waals surface area contributed by atoms with E-state index in [4.69, 9.17) is 23.1 Å². The van der Waals surface area contributed by atoms with Crippen molar-refractivity contribution in [2.75, 3.05) is 51.1 Å². The van der Waals surface area contributed by atoms with E-state index < -0.39 is 11.8 Å². The molecular weight excluding hydrogens is 452 g/mol. The van der Waals surface area contributed by atoms with Crippen LogP contribution in [0.15, 0.2) is 24.3 Å². The second-order valence-electron chi connectivity index (χ2n) is 9.58. The normalized spacial score (nSPS) is 22.0. The zero-order valence-electron chi connectivity index (χ0n) is 20.2. The number of piperidine rings is 1.